The van der Waals surface area contributed by atoms with E-state index in [0.29, 0.717) is 25.1 Å². The zero-order chi connectivity index (χ0) is 29.3. The summed E-state index contributed by atoms with van der Waals surface area (Å²) in [6.45, 7) is 17.6. The van der Waals surface area contributed by atoms with E-state index in [1.165, 1.54) is 0 Å². The van der Waals surface area contributed by atoms with Gasteiger partial charge >= 0.3 is 6.09 Å². The number of amides is 3. The van der Waals surface area contributed by atoms with Crippen LogP contribution < -0.4 is 10.6 Å². The molecule has 0 saturated carbocycles. The second-order valence-electron chi connectivity index (χ2n) is 11.5. The molecule has 0 spiro atoms. The maximum Gasteiger partial charge on any atom is 0.408 e. The largest absolute Gasteiger partial charge is 0.444 e. The molecule has 0 bridgehead atoms. The van der Waals surface area contributed by atoms with E-state index < -0.39 is 23.8 Å². The van der Waals surface area contributed by atoms with Crippen LogP contribution in [0.25, 0.3) is 0 Å². The third-order valence-electron chi connectivity index (χ3n) is 6.87. The van der Waals surface area contributed by atoms with E-state index in [1.54, 1.807) is 25.7 Å². The Kier molecular flexibility index (Phi) is 11.6. The lowest BCUT2D eigenvalue weighted by molar-refractivity contribution is -0.142. The summed E-state index contributed by atoms with van der Waals surface area (Å²) in [7, 11) is 0. The van der Waals surface area contributed by atoms with Crippen molar-refractivity contribution in [3.8, 4) is 0 Å². The van der Waals surface area contributed by atoms with Gasteiger partial charge in [0.25, 0.3) is 5.91 Å². The number of aryl methyl sites for hydroxylation is 3. The van der Waals surface area contributed by atoms with Crippen LogP contribution in [0.1, 0.15) is 89.1 Å². The Morgan fingerprint density at radius 3 is 2.21 bits per heavy atom. The highest BCUT2D eigenvalue weighted by atomic mass is 16.6. The van der Waals surface area contributed by atoms with Gasteiger partial charge in [-0.2, -0.15) is 0 Å². The number of carbonyl (C=O) groups excluding carboxylic acids is 3. The van der Waals surface area contributed by atoms with Gasteiger partial charge in [-0.1, -0.05) is 75.6 Å². The van der Waals surface area contributed by atoms with Crippen molar-refractivity contribution >= 4 is 23.6 Å². The number of ether oxygens (including phenoxy) is 1. The standard InChI is InChI=1S/C32H47N3O4/c1-10-12-19-35(30(37)27(22(4)11-2)34-31(38)39-32(7,8)9)28(25-18-17-21(3)20-24(25)6)29(36)33-26-16-14-13-15-23(26)5/h13-18,20,22,27-28H,10-12,19H2,1-9H3,(H,33,36)(H,34,38). The number of hydrogen-bond acceptors (Lipinski definition) is 4. The van der Waals surface area contributed by atoms with Crippen molar-refractivity contribution in [3.63, 3.8) is 0 Å². The van der Waals surface area contributed by atoms with Gasteiger partial charge in [0.15, 0.2) is 0 Å². The molecule has 0 radical (unpaired) electrons. The van der Waals surface area contributed by atoms with Crippen LogP contribution in [-0.4, -0.2) is 41.0 Å². The topological polar surface area (TPSA) is 87.7 Å². The molecule has 2 rings (SSSR count). The molecule has 2 aromatic carbocycles. The summed E-state index contributed by atoms with van der Waals surface area (Å²) in [6, 6.07) is 11.8. The van der Waals surface area contributed by atoms with E-state index in [-0.39, 0.29) is 17.7 Å². The van der Waals surface area contributed by atoms with E-state index in [2.05, 4.69) is 10.6 Å². The lowest BCUT2D eigenvalue weighted by Crippen LogP contribution is -2.55. The van der Waals surface area contributed by atoms with Crippen LogP contribution in [-0.2, 0) is 14.3 Å². The summed E-state index contributed by atoms with van der Waals surface area (Å²) < 4.78 is 5.49. The number of nitrogens with zero attached hydrogens (tertiary/aromatic N) is 1. The molecule has 0 fully saturated rings. The first-order valence-corrected chi connectivity index (χ1v) is 14.0. The van der Waals surface area contributed by atoms with Gasteiger partial charge in [-0.25, -0.2) is 4.79 Å². The number of unbranched alkanes of at least 4 members (excludes halogenated alkanes) is 1. The predicted octanol–water partition coefficient (Wildman–Crippen LogP) is 6.86. The molecule has 7 heteroatoms. The summed E-state index contributed by atoms with van der Waals surface area (Å²) in [4.78, 5) is 42.8. The number of nitrogens with one attached hydrogen (secondary N) is 2. The van der Waals surface area contributed by atoms with Crippen molar-refractivity contribution in [1.82, 2.24) is 10.2 Å². The molecule has 3 amide bonds. The monoisotopic (exact) mass is 537 g/mol. The molecule has 0 aliphatic rings. The summed E-state index contributed by atoms with van der Waals surface area (Å²) in [6.07, 6.45) is 1.57. The van der Waals surface area contributed by atoms with E-state index in [4.69, 9.17) is 4.74 Å². The molecule has 0 aliphatic carbocycles. The number of benzene rings is 2. The summed E-state index contributed by atoms with van der Waals surface area (Å²) in [5.41, 5.74) is 3.69. The van der Waals surface area contributed by atoms with Crippen molar-refractivity contribution in [1.29, 1.82) is 0 Å². The van der Waals surface area contributed by atoms with Crippen LogP contribution in [0.4, 0.5) is 10.5 Å². The van der Waals surface area contributed by atoms with Gasteiger partial charge in [-0.05, 0) is 76.6 Å². The molecule has 0 saturated heterocycles. The highest BCUT2D eigenvalue weighted by Crippen LogP contribution is 2.29. The molecular formula is C32H47N3O4. The minimum Gasteiger partial charge on any atom is -0.444 e. The first kappa shape index (κ1) is 31.9. The van der Waals surface area contributed by atoms with Crippen LogP contribution in [0.2, 0.25) is 0 Å². The Hall–Kier alpha value is -3.35. The van der Waals surface area contributed by atoms with E-state index >= 15 is 0 Å². The Bertz CT molecular complexity index is 1140. The maximum atomic E-state index is 14.3. The van der Waals surface area contributed by atoms with Crippen LogP contribution in [0.3, 0.4) is 0 Å². The zero-order valence-corrected chi connectivity index (χ0v) is 25.2. The zero-order valence-electron chi connectivity index (χ0n) is 25.2. The molecule has 2 aromatic rings. The van der Waals surface area contributed by atoms with E-state index in [0.717, 1.165) is 28.7 Å². The first-order chi connectivity index (χ1) is 18.3. The van der Waals surface area contributed by atoms with E-state index in [1.807, 2.05) is 84.0 Å². The minimum atomic E-state index is -0.878. The van der Waals surface area contributed by atoms with Crippen molar-refractivity contribution in [2.24, 2.45) is 5.92 Å². The van der Waals surface area contributed by atoms with Gasteiger partial charge in [0.1, 0.15) is 17.7 Å². The summed E-state index contributed by atoms with van der Waals surface area (Å²) >= 11 is 0. The summed E-state index contributed by atoms with van der Waals surface area (Å²) in [5, 5.41) is 5.90. The number of para-hydroxylation sites is 1. The van der Waals surface area contributed by atoms with Gasteiger partial charge in [-0.3, -0.25) is 9.59 Å². The van der Waals surface area contributed by atoms with E-state index in [9.17, 15) is 14.4 Å². The molecule has 3 atom stereocenters. The van der Waals surface area contributed by atoms with Crippen molar-refractivity contribution in [2.75, 3.05) is 11.9 Å². The van der Waals surface area contributed by atoms with Gasteiger partial charge < -0.3 is 20.3 Å². The molecule has 0 heterocycles. The second-order valence-corrected chi connectivity index (χ2v) is 11.5. The molecule has 39 heavy (non-hydrogen) atoms. The lowest BCUT2D eigenvalue weighted by atomic mass is 9.93. The Balaban J connectivity index is 2.60. The number of carbonyl (C=O) groups is 3. The van der Waals surface area contributed by atoms with Gasteiger partial charge in [0.05, 0.1) is 0 Å². The number of hydrogen-bond donors (Lipinski definition) is 2. The molecule has 2 N–H and O–H groups in total. The van der Waals surface area contributed by atoms with Gasteiger partial charge in [0.2, 0.25) is 5.91 Å². The quantitative estimate of drug-likeness (QED) is 0.328. The number of rotatable bonds is 11. The molecule has 0 aromatic heterocycles. The van der Waals surface area contributed by atoms with Gasteiger partial charge in [-0.15, -0.1) is 0 Å². The smallest absolute Gasteiger partial charge is 0.408 e. The molecule has 214 valence electrons. The molecular weight excluding hydrogens is 490 g/mol. The van der Waals surface area contributed by atoms with Crippen LogP contribution in [0.5, 0.6) is 0 Å². The fraction of sp³-hybridized carbons (Fsp3) is 0.531. The van der Waals surface area contributed by atoms with Crippen molar-refractivity contribution in [3.05, 3.63) is 64.7 Å². The second kappa shape index (κ2) is 14.2. The highest BCUT2D eigenvalue weighted by molar-refractivity contribution is 5.99. The highest BCUT2D eigenvalue weighted by Gasteiger charge is 2.38. The molecule has 0 aliphatic heterocycles. The van der Waals surface area contributed by atoms with Gasteiger partial charge in [0, 0.05) is 12.2 Å². The van der Waals surface area contributed by atoms with Crippen LogP contribution in [0, 0.1) is 26.7 Å². The normalized spacial score (nSPS) is 13.7. The van der Waals surface area contributed by atoms with Crippen LogP contribution in [0.15, 0.2) is 42.5 Å². The SMILES string of the molecule is CCCCN(C(=O)C(NC(=O)OC(C)(C)C)C(C)CC)C(C(=O)Nc1ccccc1C)c1ccc(C)cc1C. The Labute approximate surface area is 234 Å². The molecule has 3 unspecified atom stereocenters. The average molecular weight is 538 g/mol. The fourth-order valence-corrected chi connectivity index (χ4v) is 4.49. The third-order valence-corrected chi connectivity index (χ3v) is 6.87. The first-order valence-electron chi connectivity index (χ1n) is 14.0. The van der Waals surface area contributed by atoms with Crippen molar-refractivity contribution < 1.29 is 19.1 Å². The van der Waals surface area contributed by atoms with Crippen LogP contribution >= 0.6 is 0 Å². The number of alkyl carbamates (subject to hydrolysis) is 1. The predicted molar refractivity (Wildman–Crippen MR) is 158 cm³/mol. The average Bonchev–Trinajstić information content (AvgIpc) is 2.85. The minimum absolute atomic E-state index is 0.173. The fourth-order valence-electron chi connectivity index (χ4n) is 4.49. The Morgan fingerprint density at radius 2 is 1.64 bits per heavy atom. The molecule has 7 nitrogen and oxygen atoms in total. The maximum absolute atomic E-state index is 14.3. The van der Waals surface area contributed by atoms with Crippen molar-refractivity contribution in [2.45, 2.75) is 99.3 Å². The Morgan fingerprint density at radius 1 is 0.974 bits per heavy atom. The lowest BCUT2D eigenvalue weighted by Gasteiger charge is -2.36. The third kappa shape index (κ3) is 9.12. The summed E-state index contributed by atoms with van der Waals surface area (Å²) in [5.74, 6) is -0.761. The number of anilines is 1.